The molecule has 0 saturated carbocycles. The largest absolute Gasteiger partial charge is 0.494 e. The first-order valence-corrected chi connectivity index (χ1v) is 20.1. The van der Waals surface area contributed by atoms with Gasteiger partial charge in [0.2, 0.25) is 0 Å². The predicted molar refractivity (Wildman–Crippen MR) is 228 cm³/mol. The number of carbonyl (C=O) groups excluding carboxylic acids is 4. The van der Waals surface area contributed by atoms with E-state index in [-0.39, 0.29) is 11.3 Å². The van der Waals surface area contributed by atoms with E-state index in [0.29, 0.717) is 54.8 Å². The SMILES string of the molecule is C=CC(=O)OCCCCCCOc1ccc(OC(=O)c2ccc(OC(=O)c3ccc(OCCCCCCOC(=O)C=C)cc3)cc2/C=N/N=C2\CCc3ccccc32)cc1. The first-order chi connectivity index (χ1) is 29.3. The molecule has 0 bridgehead atoms. The number of hydrogen-bond donors (Lipinski definition) is 0. The molecule has 0 saturated heterocycles. The number of esters is 4. The summed E-state index contributed by atoms with van der Waals surface area (Å²) in [6, 6.07) is 26.1. The van der Waals surface area contributed by atoms with Crippen LogP contribution in [0.25, 0.3) is 0 Å². The molecule has 60 heavy (non-hydrogen) atoms. The van der Waals surface area contributed by atoms with Gasteiger partial charge in [0.1, 0.15) is 23.0 Å². The van der Waals surface area contributed by atoms with Gasteiger partial charge in [-0.15, -0.1) is 0 Å². The van der Waals surface area contributed by atoms with Crippen LogP contribution < -0.4 is 18.9 Å². The van der Waals surface area contributed by atoms with Crippen molar-refractivity contribution in [3.05, 3.63) is 144 Å². The maximum absolute atomic E-state index is 13.5. The van der Waals surface area contributed by atoms with Gasteiger partial charge in [0, 0.05) is 23.3 Å². The van der Waals surface area contributed by atoms with Gasteiger partial charge in [-0.1, -0.05) is 37.4 Å². The summed E-state index contributed by atoms with van der Waals surface area (Å²) in [6.07, 6.45) is 12.3. The van der Waals surface area contributed by atoms with E-state index < -0.39 is 23.9 Å². The van der Waals surface area contributed by atoms with Gasteiger partial charge < -0.3 is 28.4 Å². The molecule has 0 atom stereocenters. The molecule has 0 N–H and O–H groups in total. The fourth-order valence-electron chi connectivity index (χ4n) is 6.15. The van der Waals surface area contributed by atoms with Crippen LogP contribution in [-0.4, -0.2) is 62.2 Å². The highest BCUT2D eigenvalue weighted by Crippen LogP contribution is 2.25. The summed E-state index contributed by atoms with van der Waals surface area (Å²) >= 11 is 0. The third-order valence-electron chi connectivity index (χ3n) is 9.35. The molecular formula is C48H50N2O10. The van der Waals surface area contributed by atoms with E-state index >= 15 is 0 Å². The third-order valence-corrected chi connectivity index (χ3v) is 9.35. The second-order valence-corrected chi connectivity index (χ2v) is 13.7. The third kappa shape index (κ3) is 14.5. The van der Waals surface area contributed by atoms with Crippen LogP contribution >= 0.6 is 0 Å². The average Bonchev–Trinajstić information content (AvgIpc) is 3.68. The lowest BCUT2D eigenvalue weighted by Gasteiger charge is -2.11. The number of aryl methyl sites for hydroxylation is 1. The van der Waals surface area contributed by atoms with Crippen molar-refractivity contribution in [2.75, 3.05) is 26.4 Å². The van der Waals surface area contributed by atoms with Gasteiger partial charge >= 0.3 is 23.9 Å². The summed E-state index contributed by atoms with van der Waals surface area (Å²) in [5.74, 6) is -0.272. The number of rotatable bonds is 24. The molecular weight excluding hydrogens is 765 g/mol. The molecule has 1 aliphatic rings. The number of fused-ring (bicyclic) bond motifs is 1. The Morgan fingerprint density at radius 1 is 0.567 bits per heavy atom. The fraction of sp³-hybridized carbons (Fsp3) is 0.292. The summed E-state index contributed by atoms with van der Waals surface area (Å²) in [6.45, 7) is 8.53. The smallest absolute Gasteiger partial charge is 0.344 e. The lowest BCUT2D eigenvalue weighted by molar-refractivity contribution is -0.138. The summed E-state index contributed by atoms with van der Waals surface area (Å²) < 4.78 is 33.1. The summed E-state index contributed by atoms with van der Waals surface area (Å²) in [7, 11) is 0. The standard InChI is InChI=1S/C48H50N2O10/c1-3-45(51)57-31-13-7-5-11-29-55-38-20-17-36(18-21-38)47(53)60-41-26-27-43(37(33-41)34-49-50-44-28-19-35-15-9-10-16-42(35)44)48(54)59-40-24-22-39(23-25-40)56-30-12-6-8-14-32-58-46(52)4-2/h3-4,9-10,15-18,20-27,33-34H,1-2,5-8,11-14,19,28-32H2/b49-34+,50-44+. The second-order valence-electron chi connectivity index (χ2n) is 13.7. The van der Waals surface area contributed by atoms with Crippen molar-refractivity contribution in [3.63, 3.8) is 0 Å². The maximum atomic E-state index is 13.5. The Labute approximate surface area is 350 Å². The number of carbonyl (C=O) groups is 4. The van der Waals surface area contributed by atoms with Crippen molar-refractivity contribution < 1.29 is 47.6 Å². The summed E-state index contributed by atoms with van der Waals surface area (Å²) in [5.41, 5.74) is 3.96. The van der Waals surface area contributed by atoms with Gasteiger partial charge in [0.15, 0.2) is 0 Å². The molecule has 0 heterocycles. The van der Waals surface area contributed by atoms with Gasteiger partial charge in [-0.3, -0.25) is 0 Å². The van der Waals surface area contributed by atoms with E-state index in [2.05, 4.69) is 29.4 Å². The number of benzene rings is 4. The lowest BCUT2D eigenvalue weighted by atomic mass is 10.1. The van der Waals surface area contributed by atoms with Gasteiger partial charge in [-0.2, -0.15) is 10.2 Å². The van der Waals surface area contributed by atoms with Crippen LogP contribution in [0.2, 0.25) is 0 Å². The fourth-order valence-corrected chi connectivity index (χ4v) is 6.15. The number of nitrogens with zero attached hydrogens (tertiary/aromatic N) is 2. The topological polar surface area (TPSA) is 148 Å². The average molecular weight is 815 g/mol. The van der Waals surface area contributed by atoms with Gasteiger partial charge in [0.05, 0.1) is 49.5 Å². The first-order valence-electron chi connectivity index (χ1n) is 20.1. The number of ether oxygens (including phenoxy) is 6. The molecule has 0 spiro atoms. The highest BCUT2D eigenvalue weighted by Gasteiger charge is 2.18. The molecule has 0 unspecified atom stereocenters. The molecule has 5 rings (SSSR count). The van der Waals surface area contributed by atoms with Crippen LogP contribution in [0.4, 0.5) is 0 Å². The van der Waals surface area contributed by atoms with Crippen LogP contribution in [0.15, 0.2) is 127 Å². The van der Waals surface area contributed by atoms with Crippen LogP contribution in [-0.2, 0) is 25.5 Å². The summed E-state index contributed by atoms with van der Waals surface area (Å²) in [5, 5.41) is 8.81. The number of unbranched alkanes of at least 4 members (excludes halogenated alkanes) is 6. The van der Waals surface area contributed by atoms with Crippen LogP contribution in [0.5, 0.6) is 23.0 Å². The monoisotopic (exact) mass is 814 g/mol. The molecule has 0 aliphatic heterocycles. The van der Waals surface area contributed by atoms with Crippen molar-refractivity contribution in [2.24, 2.45) is 10.2 Å². The van der Waals surface area contributed by atoms with E-state index in [9.17, 15) is 19.2 Å². The molecule has 12 nitrogen and oxygen atoms in total. The minimum atomic E-state index is -0.634. The molecule has 312 valence electrons. The van der Waals surface area contributed by atoms with E-state index in [0.717, 1.165) is 87.6 Å². The zero-order valence-corrected chi connectivity index (χ0v) is 33.7. The van der Waals surface area contributed by atoms with E-state index in [1.807, 2.05) is 18.2 Å². The first kappa shape index (κ1) is 44.3. The van der Waals surface area contributed by atoms with Crippen molar-refractivity contribution >= 4 is 35.8 Å². The Morgan fingerprint density at radius 2 is 1.10 bits per heavy atom. The Balaban J connectivity index is 1.16. The van der Waals surface area contributed by atoms with Crippen LogP contribution in [0.1, 0.15) is 95.2 Å². The molecule has 1 aliphatic carbocycles. The van der Waals surface area contributed by atoms with Gasteiger partial charge in [0.25, 0.3) is 0 Å². The zero-order chi connectivity index (χ0) is 42.4. The van der Waals surface area contributed by atoms with Gasteiger partial charge in [-0.25, -0.2) is 19.2 Å². The second kappa shape index (κ2) is 24.2. The maximum Gasteiger partial charge on any atom is 0.344 e. The Kier molecular flexibility index (Phi) is 17.8. The highest BCUT2D eigenvalue weighted by molar-refractivity contribution is 6.05. The Morgan fingerprint density at radius 3 is 1.72 bits per heavy atom. The van der Waals surface area contributed by atoms with E-state index in [4.69, 9.17) is 28.4 Å². The molecule has 0 aromatic heterocycles. The minimum absolute atomic E-state index is 0.197. The summed E-state index contributed by atoms with van der Waals surface area (Å²) in [4.78, 5) is 48.9. The predicted octanol–water partition coefficient (Wildman–Crippen LogP) is 9.23. The Bertz CT molecular complexity index is 2140. The minimum Gasteiger partial charge on any atom is -0.494 e. The lowest BCUT2D eigenvalue weighted by Crippen LogP contribution is -2.13. The number of hydrogen-bond acceptors (Lipinski definition) is 12. The van der Waals surface area contributed by atoms with E-state index in [1.54, 1.807) is 54.6 Å². The van der Waals surface area contributed by atoms with Crippen molar-refractivity contribution in [1.82, 2.24) is 0 Å². The quantitative estimate of drug-likeness (QED) is 0.0167. The molecule has 0 fully saturated rings. The molecule has 0 amide bonds. The molecule has 12 heteroatoms. The van der Waals surface area contributed by atoms with Crippen LogP contribution in [0, 0.1) is 0 Å². The molecule has 4 aromatic rings. The molecule has 0 radical (unpaired) electrons. The highest BCUT2D eigenvalue weighted by atomic mass is 16.5. The Hall–Kier alpha value is -6.82. The van der Waals surface area contributed by atoms with Crippen molar-refractivity contribution in [2.45, 2.75) is 64.2 Å². The van der Waals surface area contributed by atoms with Gasteiger partial charge in [-0.05, 0) is 137 Å². The van der Waals surface area contributed by atoms with Crippen LogP contribution in [0.3, 0.4) is 0 Å². The zero-order valence-electron chi connectivity index (χ0n) is 33.7. The van der Waals surface area contributed by atoms with Crippen molar-refractivity contribution in [1.29, 1.82) is 0 Å². The normalized spacial score (nSPS) is 12.4. The van der Waals surface area contributed by atoms with E-state index in [1.165, 1.54) is 23.9 Å². The molecule has 4 aromatic carbocycles. The van der Waals surface area contributed by atoms with Crippen molar-refractivity contribution in [3.8, 4) is 23.0 Å².